The number of nitrogens with zero attached hydrogens (tertiary/aromatic N) is 2. The Morgan fingerprint density at radius 3 is 2.90 bits per heavy atom. The monoisotopic (exact) mass is 309 g/mol. The summed E-state index contributed by atoms with van der Waals surface area (Å²) in [6.45, 7) is 3.69. The van der Waals surface area contributed by atoms with E-state index in [1.54, 1.807) is 11.8 Å². The van der Waals surface area contributed by atoms with Crippen molar-refractivity contribution in [1.29, 1.82) is 0 Å². The van der Waals surface area contributed by atoms with Crippen molar-refractivity contribution in [3.8, 4) is 0 Å². The molecule has 3 rings (SSSR count). The van der Waals surface area contributed by atoms with Crippen LogP contribution in [0.2, 0.25) is 0 Å². The largest absolute Gasteiger partial charge is 0.466 e. The molecule has 1 fully saturated rings. The number of fused-ring (bicyclic) bond motifs is 1. The van der Waals surface area contributed by atoms with E-state index >= 15 is 0 Å². The number of nitrogens with one attached hydrogen (secondary N) is 1. The second-order valence-electron chi connectivity index (χ2n) is 5.32. The lowest BCUT2D eigenvalue weighted by molar-refractivity contribution is -0.148. The van der Waals surface area contributed by atoms with Crippen LogP contribution in [0.3, 0.4) is 0 Å². The van der Waals surface area contributed by atoms with Gasteiger partial charge < -0.3 is 9.64 Å². The highest BCUT2D eigenvalue weighted by molar-refractivity contribution is 7.98. The Balaban J connectivity index is 1.69. The molecule has 3 heterocycles. The smallest absolute Gasteiger partial charge is 0.309 e. The fraction of sp³-hybridized carbons (Fsp3) is 0.643. The number of hydrogen-bond acceptors (Lipinski definition) is 6. The molecule has 1 aromatic heterocycles. The lowest BCUT2D eigenvalue weighted by atomic mass is 9.97. The van der Waals surface area contributed by atoms with Crippen LogP contribution in [0.1, 0.15) is 31.0 Å². The van der Waals surface area contributed by atoms with Crippen LogP contribution >= 0.6 is 11.8 Å². The van der Waals surface area contributed by atoms with Gasteiger partial charge in [-0.25, -0.2) is 4.98 Å². The Bertz CT molecular complexity index is 594. The number of aromatic nitrogens is 2. The van der Waals surface area contributed by atoms with Gasteiger partial charge in [-0.2, -0.15) is 11.8 Å². The summed E-state index contributed by atoms with van der Waals surface area (Å²) in [5.41, 5.74) is 1.70. The SMILES string of the molecule is CCOC(=O)C1CCN(c2nc3c(c(=O)[nH]2)CSC3)CC1. The van der Waals surface area contributed by atoms with Gasteiger partial charge in [-0.05, 0) is 19.8 Å². The molecule has 0 bridgehead atoms. The van der Waals surface area contributed by atoms with Gasteiger partial charge in [0, 0.05) is 30.2 Å². The number of H-pyrrole nitrogens is 1. The van der Waals surface area contributed by atoms with Crippen LogP contribution in [0.4, 0.5) is 5.95 Å². The van der Waals surface area contributed by atoms with Crippen molar-refractivity contribution in [3.05, 3.63) is 21.6 Å². The summed E-state index contributed by atoms with van der Waals surface area (Å²) in [6, 6.07) is 0. The maximum Gasteiger partial charge on any atom is 0.309 e. The Hall–Kier alpha value is -1.50. The number of carbonyl (C=O) groups is 1. The maximum absolute atomic E-state index is 12.0. The van der Waals surface area contributed by atoms with Crippen LogP contribution < -0.4 is 10.5 Å². The molecule has 1 aromatic rings. The quantitative estimate of drug-likeness (QED) is 0.848. The highest BCUT2D eigenvalue weighted by atomic mass is 32.2. The van der Waals surface area contributed by atoms with E-state index in [-0.39, 0.29) is 17.4 Å². The number of ether oxygens (including phenoxy) is 1. The molecule has 7 heteroatoms. The average molecular weight is 309 g/mol. The molecule has 2 aliphatic heterocycles. The molecule has 0 unspecified atom stereocenters. The zero-order valence-corrected chi connectivity index (χ0v) is 12.9. The van der Waals surface area contributed by atoms with Gasteiger partial charge in [-0.3, -0.25) is 14.6 Å². The first-order chi connectivity index (χ1) is 10.2. The first kappa shape index (κ1) is 14.4. The number of esters is 1. The predicted molar refractivity (Wildman–Crippen MR) is 81.4 cm³/mol. The minimum atomic E-state index is -0.107. The molecule has 0 amide bonds. The summed E-state index contributed by atoms with van der Waals surface area (Å²) in [4.78, 5) is 33.3. The summed E-state index contributed by atoms with van der Waals surface area (Å²) < 4.78 is 5.07. The molecular weight excluding hydrogens is 290 g/mol. The van der Waals surface area contributed by atoms with E-state index in [0.717, 1.165) is 48.7 Å². The Labute approximate surface area is 127 Å². The van der Waals surface area contributed by atoms with E-state index in [9.17, 15) is 9.59 Å². The number of hydrogen-bond donors (Lipinski definition) is 1. The van der Waals surface area contributed by atoms with Gasteiger partial charge in [0.1, 0.15) is 0 Å². The molecule has 1 N–H and O–H groups in total. The molecule has 114 valence electrons. The second kappa shape index (κ2) is 6.09. The minimum absolute atomic E-state index is 0.0208. The summed E-state index contributed by atoms with van der Waals surface area (Å²) in [5, 5.41) is 0. The summed E-state index contributed by atoms with van der Waals surface area (Å²) >= 11 is 1.72. The van der Waals surface area contributed by atoms with E-state index in [1.807, 2.05) is 6.92 Å². The summed E-state index contributed by atoms with van der Waals surface area (Å²) in [5.74, 6) is 2.07. The van der Waals surface area contributed by atoms with Crippen molar-refractivity contribution in [3.63, 3.8) is 0 Å². The molecule has 0 atom stereocenters. The topological polar surface area (TPSA) is 75.3 Å². The number of rotatable bonds is 3. The Kier molecular flexibility index (Phi) is 4.19. The number of carbonyl (C=O) groups excluding carboxylic acids is 1. The fourth-order valence-electron chi connectivity index (χ4n) is 2.79. The Morgan fingerprint density at radius 1 is 1.43 bits per heavy atom. The van der Waals surface area contributed by atoms with Crippen molar-refractivity contribution in [2.24, 2.45) is 5.92 Å². The zero-order valence-electron chi connectivity index (χ0n) is 12.1. The number of anilines is 1. The van der Waals surface area contributed by atoms with Gasteiger partial charge in [0.15, 0.2) is 0 Å². The van der Waals surface area contributed by atoms with Gasteiger partial charge in [0.05, 0.1) is 18.2 Å². The Morgan fingerprint density at radius 2 is 2.19 bits per heavy atom. The van der Waals surface area contributed by atoms with Crippen molar-refractivity contribution in [2.75, 3.05) is 24.6 Å². The molecule has 21 heavy (non-hydrogen) atoms. The standard InChI is InChI=1S/C14H19N3O3S/c1-2-20-13(19)9-3-5-17(6-4-9)14-15-11-8-21-7-10(11)12(18)16-14/h9H,2-8H2,1H3,(H,15,16,18). The van der Waals surface area contributed by atoms with Crippen LogP contribution in [-0.2, 0) is 21.0 Å². The lowest BCUT2D eigenvalue weighted by Gasteiger charge is -2.31. The van der Waals surface area contributed by atoms with Crippen molar-refractivity contribution in [1.82, 2.24) is 9.97 Å². The van der Waals surface area contributed by atoms with Gasteiger partial charge in [0.25, 0.3) is 5.56 Å². The van der Waals surface area contributed by atoms with Crippen LogP contribution in [0.25, 0.3) is 0 Å². The van der Waals surface area contributed by atoms with Gasteiger partial charge in [-0.1, -0.05) is 0 Å². The summed E-state index contributed by atoms with van der Waals surface area (Å²) in [6.07, 6.45) is 1.49. The van der Waals surface area contributed by atoms with Gasteiger partial charge in [0.2, 0.25) is 5.95 Å². The number of aromatic amines is 1. The minimum Gasteiger partial charge on any atom is -0.466 e. The summed E-state index contributed by atoms with van der Waals surface area (Å²) in [7, 11) is 0. The molecule has 0 spiro atoms. The van der Waals surface area contributed by atoms with Gasteiger partial charge in [-0.15, -0.1) is 0 Å². The molecule has 6 nitrogen and oxygen atoms in total. The van der Waals surface area contributed by atoms with Crippen molar-refractivity contribution in [2.45, 2.75) is 31.3 Å². The van der Waals surface area contributed by atoms with E-state index < -0.39 is 0 Å². The third-order valence-corrected chi connectivity index (χ3v) is 4.96. The highest BCUT2D eigenvalue weighted by Gasteiger charge is 2.28. The molecular formula is C14H19N3O3S. The number of thioether (sulfide) groups is 1. The van der Waals surface area contributed by atoms with Gasteiger partial charge >= 0.3 is 5.97 Å². The van der Waals surface area contributed by atoms with Crippen LogP contribution in [0.5, 0.6) is 0 Å². The van der Waals surface area contributed by atoms with Crippen LogP contribution in [-0.4, -0.2) is 35.6 Å². The van der Waals surface area contributed by atoms with E-state index in [0.29, 0.717) is 12.6 Å². The van der Waals surface area contributed by atoms with Crippen molar-refractivity contribution < 1.29 is 9.53 Å². The van der Waals surface area contributed by atoms with E-state index in [2.05, 4.69) is 14.9 Å². The first-order valence-corrected chi connectivity index (χ1v) is 8.46. The molecule has 0 saturated carbocycles. The highest BCUT2D eigenvalue weighted by Crippen LogP contribution is 2.27. The van der Waals surface area contributed by atoms with Crippen LogP contribution in [0.15, 0.2) is 4.79 Å². The first-order valence-electron chi connectivity index (χ1n) is 7.30. The molecule has 0 aromatic carbocycles. The third-order valence-electron chi connectivity index (χ3n) is 3.99. The maximum atomic E-state index is 12.0. The molecule has 0 aliphatic carbocycles. The third kappa shape index (κ3) is 2.92. The second-order valence-corrected chi connectivity index (χ2v) is 6.31. The molecule has 1 saturated heterocycles. The lowest BCUT2D eigenvalue weighted by Crippen LogP contribution is -2.39. The van der Waals surface area contributed by atoms with E-state index in [1.165, 1.54) is 0 Å². The number of piperidine rings is 1. The van der Waals surface area contributed by atoms with Crippen molar-refractivity contribution >= 4 is 23.7 Å². The van der Waals surface area contributed by atoms with E-state index in [4.69, 9.17) is 4.74 Å². The predicted octanol–water partition coefficient (Wildman–Crippen LogP) is 1.30. The normalized spacial score (nSPS) is 18.6. The average Bonchev–Trinajstić information content (AvgIpc) is 2.97. The molecule has 2 aliphatic rings. The zero-order chi connectivity index (χ0) is 14.8. The van der Waals surface area contributed by atoms with Crippen LogP contribution in [0, 0.1) is 5.92 Å². The molecule has 0 radical (unpaired) electrons. The fourth-order valence-corrected chi connectivity index (χ4v) is 3.82.